The number of hydrogen-bond donors (Lipinski definition) is 1. The minimum absolute atomic E-state index is 0.0251. The van der Waals surface area contributed by atoms with Crippen molar-refractivity contribution in [1.29, 1.82) is 0 Å². The fraction of sp³-hybridized carbons (Fsp3) is 0.440. The highest BCUT2D eigenvalue weighted by molar-refractivity contribution is 5.87. The van der Waals surface area contributed by atoms with Crippen LogP contribution in [0.15, 0.2) is 42.5 Å². The van der Waals surface area contributed by atoms with Crippen LogP contribution in [-0.2, 0) is 22.6 Å². The lowest BCUT2D eigenvalue weighted by Crippen LogP contribution is -2.47. The molecular weight excluding hydrogens is 411 g/mol. The summed E-state index contributed by atoms with van der Waals surface area (Å²) < 4.78 is 25.5. The molecule has 0 spiro atoms. The number of carbonyl (C=O) groups excluding carboxylic acids is 2. The van der Waals surface area contributed by atoms with Gasteiger partial charge in [0.1, 0.15) is 11.9 Å². The Bertz CT molecular complexity index is 903. The third kappa shape index (κ3) is 6.97. The van der Waals surface area contributed by atoms with Gasteiger partial charge in [0.2, 0.25) is 11.8 Å². The van der Waals surface area contributed by atoms with Crippen molar-refractivity contribution >= 4 is 11.8 Å². The molecule has 2 amide bonds. The zero-order chi connectivity index (χ0) is 23.5. The number of rotatable bonds is 12. The second-order valence-electron chi connectivity index (χ2n) is 7.33. The summed E-state index contributed by atoms with van der Waals surface area (Å²) in [4.78, 5) is 27.0. The van der Waals surface area contributed by atoms with Crippen LogP contribution in [0.25, 0.3) is 0 Å². The van der Waals surface area contributed by atoms with E-state index in [-0.39, 0.29) is 24.8 Å². The number of benzene rings is 2. The minimum atomic E-state index is -0.721. The van der Waals surface area contributed by atoms with Crippen molar-refractivity contribution in [2.75, 3.05) is 19.8 Å². The average molecular weight is 445 g/mol. The Morgan fingerprint density at radius 2 is 1.72 bits per heavy atom. The van der Waals surface area contributed by atoms with Gasteiger partial charge in [0.05, 0.1) is 13.2 Å². The summed E-state index contributed by atoms with van der Waals surface area (Å²) in [5, 5.41) is 2.74. The normalized spacial score (nSPS) is 11.5. The highest BCUT2D eigenvalue weighted by Gasteiger charge is 2.26. The molecule has 0 unspecified atom stereocenters. The smallest absolute Gasteiger partial charge is 0.242 e. The standard InChI is InChI=1S/C25H33FN2O4/c1-5-27-25(30)18(4)28(17-20-10-8-9-11-21(20)26)24(29)15-13-19-12-14-22(31-6-2)23(16-19)32-7-3/h8-12,14,16,18H,5-7,13,15,17H2,1-4H3,(H,27,30)/t18-/m1/s1. The van der Waals surface area contributed by atoms with Crippen molar-refractivity contribution in [3.8, 4) is 11.5 Å². The van der Waals surface area contributed by atoms with Crippen molar-refractivity contribution in [2.24, 2.45) is 0 Å². The zero-order valence-corrected chi connectivity index (χ0v) is 19.3. The Hall–Kier alpha value is -3.09. The number of halogens is 1. The van der Waals surface area contributed by atoms with Gasteiger partial charge < -0.3 is 19.7 Å². The zero-order valence-electron chi connectivity index (χ0n) is 19.3. The maximum Gasteiger partial charge on any atom is 0.242 e. The van der Waals surface area contributed by atoms with E-state index in [0.717, 1.165) is 5.56 Å². The van der Waals surface area contributed by atoms with Crippen LogP contribution in [-0.4, -0.2) is 42.5 Å². The van der Waals surface area contributed by atoms with E-state index in [1.807, 2.05) is 39.0 Å². The molecule has 0 heterocycles. The number of aryl methyl sites for hydroxylation is 1. The molecule has 0 aromatic heterocycles. The van der Waals surface area contributed by atoms with Crippen molar-refractivity contribution in [1.82, 2.24) is 10.2 Å². The van der Waals surface area contributed by atoms with Gasteiger partial charge >= 0.3 is 0 Å². The molecule has 2 rings (SSSR count). The van der Waals surface area contributed by atoms with E-state index >= 15 is 0 Å². The molecule has 32 heavy (non-hydrogen) atoms. The minimum Gasteiger partial charge on any atom is -0.490 e. The first-order valence-electron chi connectivity index (χ1n) is 11.1. The van der Waals surface area contributed by atoms with E-state index in [9.17, 15) is 14.0 Å². The van der Waals surface area contributed by atoms with E-state index in [4.69, 9.17) is 9.47 Å². The lowest BCUT2D eigenvalue weighted by atomic mass is 10.1. The van der Waals surface area contributed by atoms with Crippen molar-refractivity contribution < 1.29 is 23.5 Å². The highest BCUT2D eigenvalue weighted by Crippen LogP contribution is 2.29. The SMILES string of the molecule is CCNC(=O)[C@@H](C)N(Cc1ccccc1F)C(=O)CCc1ccc(OCC)c(OCC)c1. The summed E-state index contributed by atoms with van der Waals surface area (Å²) in [6, 6.07) is 11.2. The number of hydrogen-bond acceptors (Lipinski definition) is 4. The number of amides is 2. The molecule has 1 atom stereocenters. The maximum absolute atomic E-state index is 14.2. The summed E-state index contributed by atoms with van der Waals surface area (Å²) >= 11 is 0. The average Bonchev–Trinajstić information content (AvgIpc) is 2.78. The first kappa shape index (κ1) is 25.2. The molecule has 1 N–H and O–H groups in total. The van der Waals surface area contributed by atoms with Gasteiger partial charge in [-0.3, -0.25) is 9.59 Å². The van der Waals surface area contributed by atoms with Crippen molar-refractivity contribution in [3.05, 3.63) is 59.4 Å². The van der Waals surface area contributed by atoms with Crippen LogP contribution < -0.4 is 14.8 Å². The molecule has 6 nitrogen and oxygen atoms in total. The molecule has 2 aromatic carbocycles. The molecule has 2 aromatic rings. The van der Waals surface area contributed by atoms with E-state index in [1.54, 1.807) is 25.1 Å². The molecule has 0 aliphatic carbocycles. The molecule has 0 saturated heterocycles. The monoisotopic (exact) mass is 444 g/mol. The third-order valence-electron chi connectivity index (χ3n) is 5.05. The second-order valence-corrected chi connectivity index (χ2v) is 7.33. The van der Waals surface area contributed by atoms with Gasteiger partial charge in [-0.15, -0.1) is 0 Å². The van der Waals surface area contributed by atoms with Gasteiger partial charge in [0.25, 0.3) is 0 Å². The molecule has 0 fully saturated rings. The fourth-order valence-electron chi connectivity index (χ4n) is 3.36. The molecule has 0 radical (unpaired) electrons. The van der Waals surface area contributed by atoms with Crippen molar-refractivity contribution in [2.45, 2.75) is 53.1 Å². The summed E-state index contributed by atoms with van der Waals surface area (Å²) in [5.74, 6) is 0.408. The third-order valence-corrected chi connectivity index (χ3v) is 5.05. The Balaban J connectivity index is 2.17. The Kier molecular flexibility index (Phi) is 9.98. The molecule has 0 aliphatic heterocycles. The number of ether oxygens (including phenoxy) is 2. The van der Waals surface area contributed by atoms with Crippen LogP contribution in [0, 0.1) is 5.82 Å². The van der Waals surface area contributed by atoms with Gasteiger partial charge in [-0.1, -0.05) is 24.3 Å². The van der Waals surface area contributed by atoms with Gasteiger partial charge in [-0.05, 0) is 57.9 Å². The lowest BCUT2D eigenvalue weighted by molar-refractivity contribution is -0.140. The molecule has 174 valence electrons. The number of carbonyl (C=O) groups is 2. The number of nitrogens with zero attached hydrogens (tertiary/aromatic N) is 1. The van der Waals surface area contributed by atoms with Gasteiger partial charge in [0, 0.05) is 25.1 Å². The van der Waals surface area contributed by atoms with E-state index in [1.165, 1.54) is 11.0 Å². The largest absolute Gasteiger partial charge is 0.490 e. The fourth-order valence-corrected chi connectivity index (χ4v) is 3.36. The van der Waals surface area contributed by atoms with Gasteiger partial charge in [-0.25, -0.2) is 4.39 Å². The van der Waals surface area contributed by atoms with Crippen LogP contribution >= 0.6 is 0 Å². The van der Waals surface area contributed by atoms with E-state index in [0.29, 0.717) is 43.2 Å². The molecular formula is C25H33FN2O4. The Labute approximate surface area is 189 Å². The van der Waals surface area contributed by atoms with Crippen LogP contribution in [0.3, 0.4) is 0 Å². The Morgan fingerprint density at radius 3 is 2.38 bits per heavy atom. The topological polar surface area (TPSA) is 67.9 Å². The summed E-state index contributed by atoms with van der Waals surface area (Å²) in [7, 11) is 0. The van der Waals surface area contributed by atoms with Crippen LogP contribution in [0.5, 0.6) is 11.5 Å². The second kappa shape index (κ2) is 12.7. The van der Waals surface area contributed by atoms with E-state index in [2.05, 4.69) is 5.32 Å². The lowest BCUT2D eigenvalue weighted by Gasteiger charge is -2.29. The van der Waals surface area contributed by atoms with Gasteiger partial charge in [0.15, 0.2) is 11.5 Å². The first-order valence-corrected chi connectivity index (χ1v) is 11.1. The predicted molar refractivity (Wildman–Crippen MR) is 122 cm³/mol. The molecule has 0 bridgehead atoms. The number of likely N-dealkylation sites (N-methyl/N-ethyl adjacent to an activating group) is 1. The van der Waals surface area contributed by atoms with Crippen molar-refractivity contribution in [3.63, 3.8) is 0 Å². The molecule has 0 saturated carbocycles. The van der Waals surface area contributed by atoms with Crippen LogP contribution in [0.4, 0.5) is 4.39 Å². The predicted octanol–water partition coefficient (Wildman–Crippen LogP) is 4.11. The number of nitrogens with one attached hydrogen (secondary N) is 1. The first-order chi connectivity index (χ1) is 15.4. The summed E-state index contributed by atoms with van der Waals surface area (Å²) in [5.41, 5.74) is 1.29. The summed E-state index contributed by atoms with van der Waals surface area (Å²) in [6.07, 6.45) is 0.638. The quantitative estimate of drug-likeness (QED) is 0.535. The highest BCUT2D eigenvalue weighted by atomic mass is 19.1. The Morgan fingerprint density at radius 1 is 1.03 bits per heavy atom. The van der Waals surface area contributed by atoms with E-state index < -0.39 is 11.9 Å². The maximum atomic E-state index is 14.2. The van der Waals surface area contributed by atoms with Gasteiger partial charge in [-0.2, -0.15) is 0 Å². The summed E-state index contributed by atoms with van der Waals surface area (Å²) in [6.45, 7) is 8.79. The van der Waals surface area contributed by atoms with Crippen LogP contribution in [0.2, 0.25) is 0 Å². The molecule has 0 aliphatic rings. The van der Waals surface area contributed by atoms with Crippen LogP contribution in [0.1, 0.15) is 45.2 Å². The molecule has 7 heteroatoms.